The summed E-state index contributed by atoms with van der Waals surface area (Å²) in [7, 11) is 0. The van der Waals surface area contributed by atoms with Crippen molar-refractivity contribution < 1.29 is 25.2 Å². The SMILES string of the molecule is O=C(O)c1ccc(CON(O)O)cc1. The number of nitrogens with zero attached hydrogens (tertiary/aromatic N) is 1. The van der Waals surface area contributed by atoms with E-state index in [0.29, 0.717) is 5.56 Å². The van der Waals surface area contributed by atoms with Gasteiger partial charge < -0.3 is 5.11 Å². The Morgan fingerprint density at radius 1 is 1.29 bits per heavy atom. The van der Waals surface area contributed by atoms with E-state index in [-0.39, 0.29) is 12.2 Å². The van der Waals surface area contributed by atoms with Crippen LogP contribution in [0.25, 0.3) is 0 Å². The molecule has 0 heterocycles. The lowest BCUT2D eigenvalue weighted by molar-refractivity contribution is -0.497. The van der Waals surface area contributed by atoms with Crippen LogP contribution in [0.5, 0.6) is 0 Å². The van der Waals surface area contributed by atoms with Crippen molar-refractivity contribution in [3.8, 4) is 0 Å². The molecule has 0 amide bonds. The van der Waals surface area contributed by atoms with Crippen LogP contribution in [0, 0.1) is 0 Å². The van der Waals surface area contributed by atoms with Gasteiger partial charge in [0.05, 0.1) is 17.6 Å². The molecule has 0 bridgehead atoms. The lowest BCUT2D eigenvalue weighted by atomic mass is 10.1. The molecule has 0 aliphatic carbocycles. The molecule has 0 aliphatic heterocycles. The van der Waals surface area contributed by atoms with E-state index in [1.54, 1.807) is 0 Å². The van der Waals surface area contributed by atoms with E-state index >= 15 is 0 Å². The van der Waals surface area contributed by atoms with Crippen LogP contribution < -0.4 is 0 Å². The highest BCUT2D eigenvalue weighted by Gasteiger charge is 2.02. The molecule has 6 nitrogen and oxygen atoms in total. The second kappa shape index (κ2) is 4.68. The van der Waals surface area contributed by atoms with E-state index in [1.807, 2.05) is 0 Å². The maximum absolute atomic E-state index is 10.5. The minimum absolute atomic E-state index is 0.0487. The first-order valence-corrected chi connectivity index (χ1v) is 3.72. The van der Waals surface area contributed by atoms with Crippen molar-refractivity contribution in [2.75, 3.05) is 0 Å². The van der Waals surface area contributed by atoms with Gasteiger partial charge >= 0.3 is 5.97 Å². The molecule has 0 fully saturated rings. The highest BCUT2D eigenvalue weighted by molar-refractivity contribution is 5.87. The van der Waals surface area contributed by atoms with Crippen LogP contribution in [0.4, 0.5) is 0 Å². The molecule has 1 aromatic rings. The van der Waals surface area contributed by atoms with Crippen molar-refractivity contribution in [3.63, 3.8) is 0 Å². The first-order valence-electron chi connectivity index (χ1n) is 3.72. The Balaban J connectivity index is 2.60. The molecule has 0 atom stereocenters. The van der Waals surface area contributed by atoms with Gasteiger partial charge in [-0.15, -0.1) is 0 Å². The average Bonchev–Trinajstić information content (AvgIpc) is 2.15. The predicted octanol–water partition coefficient (Wildman–Crippen LogP) is 0.897. The maximum atomic E-state index is 10.5. The van der Waals surface area contributed by atoms with Crippen molar-refractivity contribution in [2.45, 2.75) is 6.61 Å². The van der Waals surface area contributed by atoms with Gasteiger partial charge in [0.1, 0.15) is 0 Å². The summed E-state index contributed by atoms with van der Waals surface area (Å²) in [4.78, 5) is 14.8. The molecule has 0 radical (unpaired) electrons. The minimum Gasteiger partial charge on any atom is -0.478 e. The summed E-state index contributed by atoms with van der Waals surface area (Å²) in [6, 6.07) is 5.85. The quantitative estimate of drug-likeness (QED) is 0.624. The minimum atomic E-state index is -1.01. The Morgan fingerprint density at radius 2 is 1.86 bits per heavy atom. The van der Waals surface area contributed by atoms with Gasteiger partial charge in [-0.05, 0) is 17.7 Å². The molecule has 0 saturated heterocycles. The molecule has 0 unspecified atom stereocenters. The molecule has 0 aromatic heterocycles. The highest BCUT2D eigenvalue weighted by Crippen LogP contribution is 2.05. The third kappa shape index (κ3) is 3.11. The maximum Gasteiger partial charge on any atom is 0.335 e. The van der Waals surface area contributed by atoms with Crippen molar-refractivity contribution in [1.82, 2.24) is 5.39 Å². The second-order valence-electron chi connectivity index (χ2n) is 2.53. The number of carbonyl (C=O) groups is 1. The molecule has 1 aromatic carbocycles. The van der Waals surface area contributed by atoms with Gasteiger partial charge in [-0.2, -0.15) is 0 Å². The van der Waals surface area contributed by atoms with Crippen LogP contribution in [0.1, 0.15) is 15.9 Å². The van der Waals surface area contributed by atoms with E-state index in [0.717, 1.165) is 0 Å². The van der Waals surface area contributed by atoms with E-state index in [2.05, 4.69) is 4.84 Å². The first kappa shape index (κ1) is 10.6. The summed E-state index contributed by atoms with van der Waals surface area (Å²) in [5.41, 5.74) is 0.793. The molecular weight excluding hydrogens is 190 g/mol. The fourth-order valence-corrected chi connectivity index (χ4v) is 0.876. The van der Waals surface area contributed by atoms with E-state index < -0.39 is 11.4 Å². The van der Waals surface area contributed by atoms with E-state index in [1.165, 1.54) is 24.3 Å². The molecule has 3 N–H and O–H groups in total. The molecule has 0 aliphatic rings. The Bertz CT molecular complexity index is 308. The van der Waals surface area contributed by atoms with Crippen LogP contribution in [0.3, 0.4) is 0 Å². The van der Waals surface area contributed by atoms with Crippen LogP contribution in [0.2, 0.25) is 0 Å². The molecule has 76 valence electrons. The first-order chi connectivity index (χ1) is 6.59. The van der Waals surface area contributed by atoms with Gasteiger partial charge in [0.2, 0.25) is 0 Å². The fourth-order valence-electron chi connectivity index (χ4n) is 0.876. The summed E-state index contributed by atoms with van der Waals surface area (Å²) >= 11 is 0. The number of rotatable bonds is 4. The third-order valence-electron chi connectivity index (χ3n) is 1.55. The van der Waals surface area contributed by atoms with E-state index in [9.17, 15) is 4.79 Å². The van der Waals surface area contributed by atoms with Crippen LogP contribution in [0.15, 0.2) is 24.3 Å². The molecule has 0 saturated carbocycles. The van der Waals surface area contributed by atoms with Crippen molar-refractivity contribution in [3.05, 3.63) is 35.4 Å². The summed E-state index contributed by atoms with van der Waals surface area (Å²) in [6.07, 6.45) is 0. The van der Waals surface area contributed by atoms with Gasteiger partial charge in [0.25, 0.3) is 0 Å². The fraction of sp³-hybridized carbons (Fsp3) is 0.125. The van der Waals surface area contributed by atoms with Gasteiger partial charge in [-0.1, -0.05) is 12.1 Å². The third-order valence-corrected chi connectivity index (χ3v) is 1.55. The smallest absolute Gasteiger partial charge is 0.335 e. The summed E-state index contributed by atoms with van der Waals surface area (Å²) in [5.74, 6) is -1.01. The van der Waals surface area contributed by atoms with Gasteiger partial charge in [-0.25, -0.2) is 9.63 Å². The zero-order valence-corrected chi connectivity index (χ0v) is 7.12. The number of aromatic carboxylic acids is 1. The summed E-state index contributed by atoms with van der Waals surface area (Å²) in [6.45, 7) is -0.0487. The number of hydrogen-bond acceptors (Lipinski definition) is 5. The zero-order chi connectivity index (χ0) is 10.6. The molecule has 6 heteroatoms. The lowest BCUT2D eigenvalue weighted by Gasteiger charge is -2.05. The van der Waals surface area contributed by atoms with Crippen molar-refractivity contribution in [1.29, 1.82) is 0 Å². The van der Waals surface area contributed by atoms with Gasteiger partial charge in [0.15, 0.2) is 0 Å². The number of carboxylic acid groups (broad SMARTS) is 1. The number of benzene rings is 1. The number of hydrogen-bond donors (Lipinski definition) is 3. The topological polar surface area (TPSA) is 90.2 Å². The highest BCUT2D eigenvalue weighted by atomic mass is 17.1. The van der Waals surface area contributed by atoms with E-state index in [4.69, 9.17) is 15.5 Å². The Morgan fingerprint density at radius 3 is 2.29 bits per heavy atom. The molecule has 0 spiro atoms. The Labute approximate surface area is 79.4 Å². The molecular formula is C8H9NO5. The Hall–Kier alpha value is -1.47. The Kier molecular flexibility index (Phi) is 3.55. The van der Waals surface area contributed by atoms with Gasteiger partial charge in [-0.3, -0.25) is 10.4 Å². The second-order valence-corrected chi connectivity index (χ2v) is 2.53. The summed E-state index contributed by atoms with van der Waals surface area (Å²) in [5, 5.41) is 24.6. The van der Waals surface area contributed by atoms with Crippen LogP contribution >= 0.6 is 0 Å². The average molecular weight is 199 g/mol. The molecule has 1 rings (SSSR count). The molecule has 14 heavy (non-hydrogen) atoms. The lowest BCUT2D eigenvalue weighted by Crippen LogP contribution is -2.13. The monoisotopic (exact) mass is 199 g/mol. The van der Waals surface area contributed by atoms with Crippen molar-refractivity contribution in [2.24, 2.45) is 0 Å². The zero-order valence-electron chi connectivity index (χ0n) is 7.12. The van der Waals surface area contributed by atoms with Crippen molar-refractivity contribution >= 4 is 5.97 Å². The normalized spacial score (nSPS) is 10.5. The standard InChI is InChI=1S/C8H9NO5/c10-8(11)7-3-1-6(2-4-7)5-14-9(12)13/h1-4,12-13H,5H2,(H,10,11). The predicted molar refractivity (Wildman–Crippen MR) is 43.6 cm³/mol. The largest absolute Gasteiger partial charge is 0.478 e. The number of carboxylic acids is 1. The summed E-state index contributed by atoms with van der Waals surface area (Å²) < 4.78 is 0. The van der Waals surface area contributed by atoms with Gasteiger partial charge in [0, 0.05) is 0 Å². The van der Waals surface area contributed by atoms with Crippen LogP contribution in [-0.2, 0) is 11.4 Å². The van der Waals surface area contributed by atoms with Crippen LogP contribution in [-0.4, -0.2) is 26.9 Å².